The van der Waals surface area contributed by atoms with Crippen LogP contribution in [0, 0.1) is 5.92 Å². The summed E-state index contributed by atoms with van der Waals surface area (Å²) in [4.78, 5) is 36.9. The van der Waals surface area contributed by atoms with Crippen LogP contribution in [-0.4, -0.2) is 17.1 Å². The highest BCUT2D eigenvalue weighted by atomic mass is 35.5. The van der Waals surface area contributed by atoms with Gasteiger partial charge in [-0.3, -0.25) is 14.4 Å². The normalized spacial score (nSPS) is 21.8. The minimum atomic E-state index is -0.563. The Kier molecular flexibility index (Phi) is 3.18. The Morgan fingerprint density at radius 2 is 1.90 bits per heavy atom. The van der Waals surface area contributed by atoms with Gasteiger partial charge in [0.05, 0.1) is 11.6 Å². The molecule has 0 aromatic heterocycles. The van der Waals surface area contributed by atoms with Gasteiger partial charge >= 0.3 is 0 Å². The standard InChI is InChI=1S/C15H12ClNO3/c16-13(18)9-5-7-10(8-6-9)17-14(19)11-3-1-2-4-12(11)15(17)20/h3,5-8,12H,1-2,4H2. The van der Waals surface area contributed by atoms with Gasteiger partial charge in [-0.15, -0.1) is 0 Å². The largest absolute Gasteiger partial charge is 0.276 e. The molecule has 20 heavy (non-hydrogen) atoms. The quantitative estimate of drug-likeness (QED) is 0.621. The van der Waals surface area contributed by atoms with Crippen molar-refractivity contribution in [1.82, 2.24) is 0 Å². The van der Waals surface area contributed by atoms with E-state index in [1.807, 2.05) is 6.08 Å². The molecular weight excluding hydrogens is 278 g/mol. The molecule has 2 aliphatic rings. The van der Waals surface area contributed by atoms with Crippen LogP contribution < -0.4 is 4.90 Å². The number of carbonyl (C=O) groups excluding carboxylic acids is 3. The second kappa shape index (κ2) is 4.87. The maximum Gasteiger partial charge on any atom is 0.261 e. The summed E-state index contributed by atoms with van der Waals surface area (Å²) in [5.74, 6) is -0.721. The van der Waals surface area contributed by atoms with Gasteiger partial charge in [0.25, 0.3) is 11.1 Å². The third kappa shape index (κ3) is 1.96. The summed E-state index contributed by atoms with van der Waals surface area (Å²) >= 11 is 5.38. The average molecular weight is 290 g/mol. The number of rotatable bonds is 2. The highest BCUT2D eigenvalue weighted by Gasteiger charge is 2.44. The van der Waals surface area contributed by atoms with E-state index in [0.29, 0.717) is 16.8 Å². The molecule has 0 spiro atoms. The molecule has 1 unspecified atom stereocenters. The third-order valence-electron chi connectivity index (χ3n) is 3.76. The predicted molar refractivity (Wildman–Crippen MR) is 74.5 cm³/mol. The van der Waals surface area contributed by atoms with Gasteiger partial charge < -0.3 is 0 Å². The lowest BCUT2D eigenvalue weighted by molar-refractivity contribution is -0.122. The Balaban J connectivity index is 1.96. The van der Waals surface area contributed by atoms with Crippen LogP contribution in [0.1, 0.15) is 29.6 Å². The topological polar surface area (TPSA) is 54.5 Å². The van der Waals surface area contributed by atoms with E-state index in [0.717, 1.165) is 19.3 Å². The van der Waals surface area contributed by atoms with Gasteiger partial charge in [-0.25, -0.2) is 4.90 Å². The molecular formula is C15H12ClNO3. The monoisotopic (exact) mass is 289 g/mol. The summed E-state index contributed by atoms with van der Waals surface area (Å²) in [7, 11) is 0. The van der Waals surface area contributed by atoms with E-state index in [1.165, 1.54) is 17.0 Å². The van der Waals surface area contributed by atoms with Crippen LogP contribution in [0.25, 0.3) is 0 Å². The summed E-state index contributed by atoms with van der Waals surface area (Å²) in [6, 6.07) is 6.18. The highest BCUT2D eigenvalue weighted by Crippen LogP contribution is 2.36. The lowest BCUT2D eigenvalue weighted by atomic mass is 9.90. The molecule has 0 radical (unpaired) electrons. The molecule has 102 valence electrons. The Morgan fingerprint density at radius 3 is 2.50 bits per heavy atom. The highest BCUT2D eigenvalue weighted by molar-refractivity contribution is 6.67. The molecule has 3 rings (SSSR count). The number of fused-ring (bicyclic) bond motifs is 1. The van der Waals surface area contributed by atoms with Gasteiger partial charge in [0.2, 0.25) is 5.91 Å². The van der Waals surface area contributed by atoms with Crippen LogP contribution in [-0.2, 0) is 9.59 Å². The molecule has 0 saturated carbocycles. The zero-order valence-electron chi connectivity index (χ0n) is 10.6. The van der Waals surface area contributed by atoms with Crippen LogP contribution in [0.3, 0.4) is 0 Å². The first-order valence-corrected chi connectivity index (χ1v) is 6.85. The minimum absolute atomic E-state index is 0.175. The van der Waals surface area contributed by atoms with Crippen LogP contribution >= 0.6 is 11.6 Å². The van der Waals surface area contributed by atoms with Crippen molar-refractivity contribution in [2.24, 2.45) is 5.92 Å². The molecule has 5 heteroatoms. The summed E-state index contributed by atoms with van der Waals surface area (Å²) in [6.45, 7) is 0. The minimum Gasteiger partial charge on any atom is -0.276 e. The molecule has 0 N–H and O–H groups in total. The lowest BCUT2D eigenvalue weighted by Crippen LogP contribution is -2.30. The number of hydrogen-bond donors (Lipinski definition) is 0. The first-order chi connectivity index (χ1) is 9.59. The van der Waals surface area contributed by atoms with Gasteiger partial charge in [-0.2, -0.15) is 0 Å². The second-order valence-electron chi connectivity index (χ2n) is 4.94. The van der Waals surface area contributed by atoms with Crippen molar-refractivity contribution in [3.05, 3.63) is 41.5 Å². The van der Waals surface area contributed by atoms with Crippen molar-refractivity contribution in [2.45, 2.75) is 19.3 Å². The van der Waals surface area contributed by atoms with E-state index >= 15 is 0 Å². The Bertz CT molecular complexity index is 633. The number of amides is 2. The summed E-state index contributed by atoms with van der Waals surface area (Å²) in [5.41, 5.74) is 1.43. The van der Waals surface area contributed by atoms with Gasteiger partial charge in [0, 0.05) is 11.1 Å². The molecule has 1 aliphatic heterocycles. The van der Waals surface area contributed by atoms with Crippen molar-refractivity contribution < 1.29 is 14.4 Å². The van der Waals surface area contributed by atoms with Crippen molar-refractivity contribution >= 4 is 34.3 Å². The van der Waals surface area contributed by atoms with Crippen LogP contribution in [0.2, 0.25) is 0 Å². The second-order valence-corrected chi connectivity index (χ2v) is 5.29. The Morgan fingerprint density at radius 1 is 1.20 bits per heavy atom. The van der Waals surface area contributed by atoms with Crippen LogP contribution in [0.15, 0.2) is 35.9 Å². The molecule has 0 bridgehead atoms. The molecule has 1 aliphatic carbocycles. The lowest BCUT2D eigenvalue weighted by Gasteiger charge is -2.14. The zero-order chi connectivity index (χ0) is 14.3. The van der Waals surface area contributed by atoms with E-state index in [2.05, 4.69) is 0 Å². The number of allylic oxidation sites excluding steroid dienone is 1. The fraction of sp³-hybridized carbons (Fsp3) is 0.267. The third-order valence-corrected chi connectivity index (χ3v) is 3.98. The van der Waals surface area contributed by atoms with Crippen LogP contribution in [0.5, 0.6) is 0 Å². The van der Waals surface area contributed by atoms with Gasteiger partial charge in [-0.05, 0) is 55.1 Å². The number of nitrogens with zero attached hydrogens (tertiary/aromatic N) is 1. The van der Waals surface area contributed by atoms with E-state index in [-0.39, 0.29) is 17.7 Å². The Hall–Kier alpha value is -1.94. The number of anilines is 1. The van der Waals surface area contributed by atoms with Crippen LogP contribution in [0.4, 0.5) is 5.69 Å². The van der Waals surface area contributed by atoms with E-state index in [4.69, 9.17) is 11.6 Å². The van der Waals surface area contributed by atoms with E-state index in [9.17, 15) is 14.4 Å². The molecule has 1 saturated heterocycles. The first kappa shape index (κ1) is 13.1. The molecule has 1 fully saturated rings. The molecule has 1 atom stereocenters. The Labute approximate surface area is 121 Å². The molecule has 4 nitrogen and oxygen atoms in total. The average Bonchev–Trinajstić information content (AvgIpc) is 2.72. The molecule has 2 amide bonds. The maximum absolute atomic E-state index is 12.3. The van der Waals surface area contributed by atoms with E-state index < -0.39 is 5.24 Å². The fourth-order valence-corrected chi connectivity index (χ4v) is 2.87. The summed E-state index contributed by atoms with van der Waals surface area (Å²) < 4.78 is 0. The van der Waals surface area contributed by atoms with Crippen molar-refractivity contribution in [1.29, 1.82) is 0 Å². The number of imide groups is 1. The number of hydrogen-bond acceptors (Lipinski definition) is 3. The predicted octanol–water partition coefficient (Wildman–Crippen LogP) is 2.67. The molecule has 1 aromatic carbocycles. The maximum atomic E-state index is 12.3. The smallest absolute Gasteiger partial charge is 0.261 e. The number of carbonyl (C=O) groups is 3. The molecule has 1 aromatic rings. The summed E-state index contributed by atoms with van der Waals surface area (Å²) in [5, 5.41) is -0.563. The summed E-state index contributed by atoms with van der Waals surface area (Å²) in [6.07, 6.45) is 4.37. The molecule has 1 heterocycles. The number of halogens is 1. The number of benzene rings is 1. The van der Waals surface area contributed by atoms with Gasteiger partial charge in [-0.1, -0.05) is 6.08 Å². The van der Waals surface area contributed by atoms with E-state index in [1.54, 1.807) is 12.1 Å². The first-order valence-electron chi connectivity index (χ1n) is 6.48. The van der Waals surface area contributed by atoms with Crippen molar-refractivity contribution in [3.8, 4) is 0 Å². The fourth-order valence-electron chi connectivity index (χ4n) is 2.74. The van der Waals surface area contributed by atoms with Crippen molar-refractivity contribution in [3.63, 3.8) is 0 Å². The SMILES string of the molecule is O=C(Cl)c1ccc(N2C(=O)C3=CCCCC3C2=O)cc1. The zero-order valence-corrected chi connectivity index (χ0v) is 11.4. The van der Waals surface area contributed by atoms with Crippen molar-refractivity contribution in [2.75, 3.05) is 4.90 Å². The van der Waals surface area contributed by atoms with Gasteiger partial charge in [0.1, 0.15) is 0 Å². The van der Waals surface area contributed by atoms with Gasteiger partial charge in [0.15, 0.2) is 0 Å².